The van der Waals surface area contributed by atoms with Gasteiger partial charge >= 0.3 is 0 Å². The molecule has 0 saturated heterocycles. The first-order valence-electron chi connectivity index (χ1n) is 4.74. The maximum atomic E-state index is 13.5. The van der Waals surface area contributed by atoms with E-state index >= 15 is 0 Å². The van der Waals surface area contributed by atoms with Gasteiger partial charge in [0.15, 0.2) is 23.3 Å². The third-order valence-corrected chi connectivity index (χ3v) is 2.51. The molecule has 100 valence electrons. The van der Waals surface area contributed by atoms with Crippen molar-refractivity contribution in [1.82, 2.24) is 4.98 Å². The molecule has 1 heterocycles. The number of benzene rings is 1. The molecule has 0 fully saturated rings. The van der Waals surface area contributed by atoms with Crippen LogP contribution in [0.1, 0.15) is 0 Å². The molecule has 0 aliphatic heterocycles. The number of pyridine rings is 1. The molecule has 2 rings (SSSR count). The van der Waals surface area contributed by atoms with Crippen LogP contribution in [0.25, 0.3) is 11.1 Å². The van der Waals surface area contributed by atoms with Crippen LogP contribution < -0.4 is 5.56 Å². The predicted octanol–water partition coefficient (Wildman–Crippen LogP) is 3.39. The normalized spacial score (nSPS) is 10.8. The zero-order valence-corrected chi connectivity index (χ0v) is 9.59. The Labute approximate surface area is 107 Å². The van der Waals surface area contributed by atoms with Gasteiger partial charge in [0.2, 0.25) is 11.4 Å². The van der Waals surface area contributed by atoms with Crippen molar-refractivity contribution in [2.75, 3.05) is 0 Å². The molecule has 0 radical (unpaired) electrons. The first-order chi connectivity index (χ1) is 8.82. The van der Waals surface area contributed by atoms with Crippen molar-refractivity contribution in [1.29, 1.82) is 0 Å². The molecule has 0 amide bonds. The van der Waals surface area contributed by atoms with Crippen molar-refractivity contribution in [2.45, 2.75) is 0 Å². The molecular weight excluding hydrogens is 293 g/mol. The van der Waals surface area contributed by atoms with E-state index in [1.165, 1.54) is 0 Å². The summed E-state index contributed by atoms with van der Waals surface area (Å²) in [5.41, 5.74) is -2.56. The first kappa shape index (κ1) is 13.5. The molecule has 8 heteroatoms. The van der Waals surface area contributed by atoms with Crippen molar-refractivity contribution in [3.8, 4) is 11.1 Å². The van der Waals surface area contributed by atoms with E-state index in [4.69, 9.17) is 11.6 Å². The van der Waals surface area contributed by atoms with Crippen molar-refractivity contribution < 1.29 is 22.0 Å². The number of nitrogens with one attached hydrogen (secondary N) is 1. The average molecular weight is 296 g/mol. The number of rotatable bonds is 1. The van der Waals surface area contributed by atoms with E-state index in [9.17, 15) is 26.7 Å². The van der Waals surface area contributed by atoms with Crippen LogP contribution in [0.2, 0.25) is 5.15 Å². The second kappa shape index (κ2) is 4.65. The first-order valence-corrected chi connectivity index (χ1v) is 5.12. The van der Waals surface area contributed by atoms with Gasteiger partial charge in [0.1, 0.15) is 5.15 Å². The maximum absolute atomic E-state index is 13.5. The van der Waals surface area contributed by atoms with E-state index in [0.717, 1.165) is 6.07 Å². The van der Waals surface area contributed by atoms with Crippen LogP contribution in [-0.2, 0) is 0 Å². The monoisotopic (exact) mass is 295 g/mol. The highest BCUT2D eigenvalue weighted by Crippen LogP contribution is 2.31. The fourth-order valence-electron chi connectivity index (χ4n) is 1.51. The van der Waals surface area contributed by atoms with E-state index in [1.807, 2.05) is 0 Å². The van der Waals surface area contributed by atoms with Crippen molar-refractivity contribution in [2.24, 2.45) is 0 Å². The van der Waals surface area contributed by atoms with Gasteiger partial charge in [-0.15, -0.1) is 0 Å². The summed E-state index contributed by atoms with van der Waals surface area (Å²) in [5, 5.41) is -0.300. The summed E-state index contributed by atoms with van der Waals surface area (Å²) >= 11 is 5.45. The van der Waals surface area contributed by atoms with Crippen LogP contribution in [0.5, 0.6) is 0 Å². The Bertz CT molecular complexity index is 699. The van der Waals surface area contributed by atoms with Gasteiger partial charge in [-0.25, -0.2) is 22.0 Å². The van der Waals surface area contributed by atoms with Crippen LogP contribution in [0.4, 0.5) is 22.0 Å². The highest BCUT2D eigenvalue weighted by molar-refractivity contribution is 6.29. The third kappa shape index (κ3) is 2.21. The summed E-state index contributed by atoms with van der Waals surface area (Å²) in [5.74, 6) is -10.5. The van der Waals surface area contributed by atoms with Crippen LogP contribution in [0, 0.1) is 29.1 Å². The lowest BCUT2D eigenvalue weighted by molar-refractivity contribution is 0.381. The van der Waals surface area contributed by atoms with Crippen molar-refractivity contribution in [3.63, 3.8) is 0 Å². The number of H-pyrrole nitrogens is 1. The Morgan fingerprint density at radius 1 is 0.842 bits per heavy atom. The Morgan fingerprint density at radius 2 is 1.32 bits per heavy atom. The third-order valence-electron chi connectivity index (χ3n) is 2.31. The van der Waals surface area contributed by atoms with Gasteiger partial charge in [-0.1, -0.05) is 11.6 Å². The molecule has 0 saturated carbocycles. The van der Waals surface area contributed by atoms with Gasteiger partial charge in [-0.3, -0.25) is 4.79 Å². The lowest BCUT2D eigenvalue weighted by Gasteiger charge is -2.08. The van der Waals surface area contributed by atoms with Gasteiger partial charge in [0.25, 0.3) is 0 Å². The smallest absolute Gasteiger partial charge is 0.249 e. The lowest BCUT2D eigenvalue weighted by Crippen LogP contribution is -2.08. The van der Waals surface area contributed by atoms with Crippen LogP contribution in [-0.4, -0.2) is 4.98 Å². The predicted molar refractivity (Wildman–Crippen MR) is 57.3 cm³/mol. The summed E-state index contributed by atoms with van der Waals surface area (Å²) in [6.45, 7) is 0. The van der Waals surface area contributed by atoms with Gasteiger partial charge in [-0.2, -0.15) is 0 Å². The molecule has 19 heavy (non-hydrogen) atoms. The minimum atomic E-state index is -2.27. The van der Waals surface area contributed by atoms with E-state index in [0.29, 0.717) is 6.07 Å². The second-order valence-electron chi connectivity index (χ2n) is 3.53. The summed E-state index contributed by atoms with van der Waals surface area (Å²) in [6.07, 6.45) is 0. The molecule has 1 aromatic carbocycles. The van der Waals surface area contributed by atoms with Gasteiger partial charge in [0.05, 0.1) is 5.56 Å². The Balaban J connectivity index is 2.86. The Kier molecular flexibility index (Phi) is 3.32. The topological polar surface area (TPSA) is 32.9 Å². The zero-order valence-electron chi connectivity index (χ0n) is 8.83. The molecular formula is C11H3ClF5NO. The quantitative estimate of drug-likeness (QED) is 0.372. The van der Waals surface area contributed by atoms with Gasteiger partial charge in [0, 0.05) is 6.07 Å². The second-order valence-corrected chi connectivity index (χ2v) is 3.93. The molecule has 2 nitrogen and oxygen atoms in total. The maximum Gasteiger partial charge on any atom is 0.249 e. The molecule has 1 aromatic heterocycles. The van der Waals surface area contributed by atoms with E-state index in [2.05, 4.69) is 4.98 Å². The van der Waals surface area contributed by atoms with Crippen LogP contribution in [0.3, 0.4) is 0 Å². The minimum absolute atomic E-state index is 0.300. The number of halogens is 6. The fourth-order valence-corrected chi connectivity index (χ4v) is 1.72. The molecule has 0 aliphatic carbocycles. The van der Waals surface area contributed by atoms with Crippen LogP contribution in [0.15, 0.2) is 16.9 Å². The van der Waals surface area contributed by atoms with Gasteiger partial charge < -0.3 is 4.98 Å². The number of aromatic amines is 1. The molecule has 0 spiro atoms. The number of hydrogen-bond donors (Lipinski definition) is 1. The summed E-state index contributed by atoms with van der Waals surface area (Å²) in [6, 6.07) is 1.55. The molecule has 0 atom stereocenters. The molecule has 1 N–H and O–H groups in total. The fraction of sp³-hybridized carbons (Fsp3) is 0. The summed E-state index contributed by atoms with van der Waals surface area (Å²) in [4.78, 5) is 13.2. The summed E-state index contributed by atoms with van der Waals surface area (Å²) in [7, 11) is 0. The molecule has 0 aliphatic rings. The Hall–Kier alpha value is -1.89. The van der Waals surface area contributed by atoms with E-state index in [-0.39, 0.29) is 5.15 Å². The lowest BCUT2D eigenvalue weighted by atomic mass is 10.0. The van der Waals surface area contributed by atoms with Crippen LogP contribution >= 0.6 is 11.6 Å². The minimum Gasteiger partial charge on any atom is -0.313 e. The SMILES string of the molecule is O=c1cc(-c2c(F)c(F)c(F)c(F)c2F)cc(Cl)[nH]1. The van der Waals surface area contributed by atoms with Gasteiger partial charge in [-0.05, 0) is 11.6 Å². The number of hydrogen-bond acceptors (Lipinski definition) is 1. The Morgan fingerprint density at radius 3 is 1.79 bits per heavy atom. The highest BCUT2D eigenvalue weighted by atomic mass is 35.5. The summed E-state index contributed by atoms with van der Waals surface area (Å²) < 4.78 is 65.8. The zero-order chi connectivity index (χ0) is 14.3. The molecule has 2 aromatic rings. The highest BCUT2D eigenvalue weighted by Gasteiger charge is 2.26. The average Bonchev–Trinajstić information content (AvgIpc) is 2.33. The number of aromatic nitrogens is 1. The molecule has 0 bridgehead atoms. The van der Waals surface area contributed by atoms with E-state index in [1.54, 1.807) is 0 Å². The molecule has 0 unspecified atom stereocenters. The van der Waals surface area contributed by atoms with E-state index < -0.39 is 45.8 Å². The van der Waals surface area contributed by atoms with Crippen molar-refractivity contribution >= 4 is 11.6 Å². The largest absolute Gasteiger partial charge is 0.313 e. The standard InChI is InChI=1S/C11H3ClF5NO/c12-4-1-3(2-5(19)18-4)6-7(13)9(15)11(17)10(16)8(6)14/h1-2H,(H,18,19). The van der Waals surface area contributed by atoms with Crippen molar-refractivity contribution in [3.05, 3.63) is 56.7 Å².